The van der Waals surface area contributed by atoms with E-state index in [-0.39, 0.29) is 37.7 Å². The Balaban J connectivity index is 0.000000640. The molecule has 1 aromatic heterocycles. The Morgan fingerprint density at radius 2 is 2.11 bits per heavy atom. The molecular formula is C5H5CaNOS. The maximum atomic E-state index is 8.73. The van der Waals surface area contributed by atoms with Gasteiger partial charge in [-0.1, -0.05) is 18.3 Å². The maximum absolute atomic E-state index is 8.73. The molecule has 1 N–H and O–H groups in total. The Hall–Kier alpha value is 0.430. The summed E-state index contributed by atoms with van der Waals surface area (Å²) in [4.78, 5) is 0. The third-order valence-corrected chi connectivity index (χ3v) is 1.13. The van der Waals surface area contributed by atoms with Crippen LogP contribution in [-0.2, 0) is 0 Å². The molecule has 0 aromatic carbocycles. The SMILES string of the molecule is On1ccccc1=S.[Ca]. The summed E-state index contributed by atoms with van der Waals surface area (Å²) in [5.41, 5.74) is 0. The van der Waals surface area contributed by atoms with Crippen molar-refractivity contribution in [1.29, 1.82) is 0 Å². The van der Waals surface area contributed by atoms with Crippen molar-refractivity contribution in [3.05, 3.63) is 29.0 Å². The van der Waals surface area contributed by atoms with Gasteiger partial charge in [-0.2, -0.15) is 4.73 Å². The number of pyridine rings is 1. The van der Waals surface area contributed by atoms with Crippen molar-refractivity contribution in [2.75, 3.05) is 0 Å². The molecule has 0 unspecified atom stereocenters. The molecule has 0 atom stereocenters. The largest absolute Gasteiger partial charge is 0.428 e. The summed E-state index contributed by atoms with van der Waals surface area (Å²) in [6.45, 7) is 0. The quantitative estimate of drug-likeness (QED) is 0.355. The molecule has 1 heterocycles. The van der Waals surface area contributed by atoms with Gasteiger partial charge in [0.05, 0.1) is 0 Å². The second-order valence-corrected chi connectivity index (χ2v) is 1.80. The molecular weight excluding hydrogens is 162 g/mol. The zero-order chi connectivity index (χ0) is 5.98. The van der Waals surface area contributed by atoms with E-state index in [4.69, 9.17) is 5.21 Å². The Labute approximate surface area is 88.1 Å². The molecule has 1 aromatic rings. The third kappa shape index (κ3) is 2.67. The van der Waals surface area contributed by atoms with Gasteiger partial charge in [0.15, 0.2) is 0 Å². The topological polar surface area (TPSA) is 25.2 Å². The average molecular weight is 167 g/mol. The van der Waals surface area contributed by atoms with Crippen LogP contribution in [0.4, 0.5) is 0 Å². The molecule has 0 amide bonds. The van der Waals surface area contributed by atoms with E-state index in [2.05, 4.69) is 12.2 Å². The van der Waals surface area contributed by atoms with Crippen LogP contribution in [0.1, 0.15) is 0 Å². The van der Waals surface area contributed by atoms with Crippen molar-refractivity contribution in [1.82, 2.24) is 4.73 Å². The summed E-state index contributed by atoms with van der Waals surface area (Å²) in [7, 11) is 0. The molecule has 0 aliphatic heterocycles. The zero-order valence-electron chi connectivity index (χ0n) is 4.82. The Kier molecular flexibility index (Phi) is 4.48. The maximum Gasteiger partial charge on any atom is 0.142 e. The van der Waals surface area contributed by atoms with Crippen LogP contribution in [0.15, 0.2) is 24.4 Å². The summed E-state index contributed by atoms with van der Waals surface area (Å²) in [6.07, 6.45) is 1.49. The molecule has 0 saturated heterocycles. The molecule has 0 aliphatic carbocycles. The summed E-state index contributed by atoms with van der Waals surface area (Å²) in [5.74, 6) is 0. The molecule has 1 rings (SSSR count). The Morgan fingerprint density at radius 3 is 2.44 bits per heavy atom. The van der Waals surface area contributed by atoms with E-state index in [1.165, 1.54) is 6.20 Å². The number of hydrogen-bond acceptors (Lipinski definition) is 2. The first-order chi connectivity index (χ1) is 3.80. The van der Waals surface area contributed by atoms with E-state index in [0.29, 0.717) is 4.64 Å². The van der Waals surface area contributed by atoms with Crippen LogP contribution in [-0.4, -0.2) is 47.7 Å². The Morgan fingerprint density at radius 1 is 1.44 bits per heavy atom. The van der Waals surface area contributed by atoms with E-state index < -0.39 is 0 Å². The summed E-state index contributed by atoms with van der Waals surface area (Å²) >= 11 is 4.67. The fraction of sp³-hybridized carbons (Fsp3) is 0. The van der Waals surface area contributed by atoms with Gasteiger partial charge in [-0.15, -0.1) is 0 Å². The van der Waals surface area contributed by atoms with Gasteiger partial charge >= 0.3 is 0 Å². The first-order valence-electron chi connectivity index (χ1n) is 2.17. The fourth-order valence-corrected chi connectivity index (χ4v) is 0.558. The van der Waals surface area contributed by atoms with Crippen molar-refractivity contribution in [2.45, 2.75) is 0 Å². The standard InChI is InChI=1S/C5H5NOS.Ca/c7-6-4-2-1-3-5(6)8;/h1-4,7H;. The molecule has 44 valence electrons. The number of aromatic nitrogens is 1. The van der Waals surface area contributed by atoms with E-state index in [1.807, 2.05) is 0 Å². The summed E-state index contributed by atoms with van der Waals surface area (Å²) < 4.78 is 1.32. The first kappa shape index (κ1) is 9.43. The van der Waals surface area contributed by atoms with Gasteiger partial charge in [0.2, 0.25) is 0 Å². The minimum Gasteiger partial charge on any atom is -0.428 e. The van der Waals surface area contributed by atoms with Crippen LogP contribution in [0.3, 0.4) is 0 Å². The third-order valence-electron chi connectivity index (χ3n) is 0.803. The van der Waals surface area contributed by atoms with Gasteiger partial charge in [-0.3, -0.25) is 0 Å². The van der Waals surface area contributed by atoms with Crippen LogP contribution in [0.25, 0.3) is 0 Å². The van der Waals surface area contributed by atoms with Crippen LogP contribution in [0, 0.1) is 4.64 Å². The number of hydrogen-bond donors (Lipinski definition) is 1. The normalized spacial score (nSPS) is 8.00. The van der Waals surface area contributed by atoms with Gasteiger partial charge in [0, 0.05) is 43.9 Å². The van der Waals surface area contributed by atoms with Crippen molar-refractivity contribution >= 4 is 50.0 Å². The van der Waals surface area contributed by atoms with Gasteiger partial charge in [-0.25, -0.2) is 0 Å². The minimum absolute atomic E-state index is 0. The van der Waals surface area contributed by atoms with Crippen molar-refractivity contribution in [3.63, 3.8) is 0 Å². The second kappa shape index (κ2) is 4.28. The Bertz CT molecular complexity index is 234. The molecule has 0 bridgehead atoms. The number of nitrogens with zero attached hydrogens (tertiary/aromatic N) is 1. The van der Waals surface area contributed by atoms with Crippen LogP contribution in [0.2, 0.25) is 0 Å². The van der Waals surface area contributed by atoms with Crippen molar-refractivity contribution < 1.29 is 5.21 Å². The van der Waals surface area contributed by atoms with Crippen LogP contribution in [0.5, 0.6) is 0 Å². The monoisotopic (exact) mass is 167 g/mol. The molecule has 0 fully saturated rings. The van der Waals surface area contributed by atoms with E-state index >= 15 is 0 Å². The van der Waals surface area contributed by atoms with Gasteiger partial charge in [0.1, 0.15) is 4.64 Å². The zero-order valence-corrected chi connectivity index (χ0v) is 7.84. The van der Waals surface area contributed by atoms with Crippen LogP contribution >= 0.6 is 12.2 Å². The second-order valence-electron chi connectivity index (χ2n) is 1.38. The van der Waals surface area contributed by atoms with Gasteiger partial charge in [-0.05, 0) is 12.1 Å². The minimum atomic E-state index is 0. The molecule has 0 aliphatic rings. The van der Waals surface area contributed by atoms with E-state index in [9.17, 15) is 0 Å². The van der Waals surface area contributed by atoms with E-state index in [1.54, 1.807) is 18.2 Å². The summed E-state index contributed by atoms with van der Waals surface area (Å²) in [6, 6.07) is 5.13. The molecule has 0 spiro atoms. The van der Waals surface area contributed by atoms with Gasteiger partial charge in [0.25, 0.3) is 0 Å². The predicted octanol–water partition coefficient (Wildman–Crippen LogP) is 1.07. The first-order valence-corrected chi connectivity index (χ1v) is 2.58. The van der Waals surface area contributed by atoms with Crippen molar-refractivity contribution in [2.24, 2.45) is 0 Å². The molecule has 4 heteroatoms. The predicted molar refractivity (Wildman–Crippen MR) is 38.2 cm³/mol. The molecule has 2 nitrogen and oxygen atoms in total. The van der Waals surface area contributed by atoms with Crippen molar-refractivity contribution in [3.8, 4) is 0 Å². The summed E-state index contributed by atoms with van der Waals surface area (Å²) in [5, 5.41) is 8.73. The smallest absolute Gasteiger partial charge is 0.142 e. The molecule has 2 radical (unpaired) electrons. The van der Waals surface area contributed by atoms with E-state index in [0.717, 1.165) is 4.73 Å². The van der Waals surface area contributed by atoms with Gasteiger partial charge < -0.3 is 5.21 Å². The average Bonchev–Trinajstić information content (AvgIpc) is 1.77. The molecule has 0 saturated carbocycles. The van der Waals surface area contributed by atoms with Crippen LogP contribution < -0.4 is 0 Å². The molecule has 9 heavy (non-hydrogen) atoms. The fourth-order valence-electron chi connectivity index (χ4n) is 0.419. The number of rotatable bonds is 0.